The standard InChI is InChI=1S/C16H21N3O4/c1-11-9-12-10-13(3-4-14(12)23-11)18-15(20)17-5-7-19-6-2-8-22-16(19)21/h3-4,10-11H,2,5-9H2,1H3,(H2,17,18,20)/t11-/m1/s1. The number of ether oxygens (including phenoxy) is 2. The second-order valence-corrected chi connectivity index (χ2v) is 5.79. The SMILES string of the molecule is C[C@@H]1Cc2cc(NC(=O)NCCN3CCCOC3=O)ccc2O1. The molecule has 2 aliphatic heterocycles. The summed E-state index contributed by atoms with van der Waals surface area (Å²) < 4.78 is 10.6. The molecule has 0 spiro atoms. The lowest BCUT2D eigenvalue weighted by Crippen LogP contribution is -2.43. The Bertz CT molecular complexity index is 605. The van der Waals surface area contributed by atoms with Crippen LogP contribution in [0.2, 0.25) is 0 Å². The van der Waals surface area contributed by atoms with Crippen LogP contribution in [0.1, 0.15) is 18.9 Å². The predicted molar refractivity (Wildman–Crippen MR) is 84.8 cm³/mol. The van der Waals surface area contributed by atoms with Gasteiger partial charge >= 0.3 is 12.1 Å². The lowest BCUT2D eigenvalue weighted by Gasteiger charge is -2.26. The van der Waals surface area contributed by atoms with Crippen molar-refractivity contribution in [1.82, 2.24) is 10.2 Å². The van der Waals surface area contributed by atoms with Crippen molar-refractivity contribution in [2.45, 2.75) is 25.9 Å². The van der Waals surface area contributed by atoms with E-state index in [9.17, 15) is 9.59 Å². The van der Waals surface area contributed by atoms with Gasteiger partial charge in [0.1, 0.15) is 11.9 Å². The number of benzene rings is 1. The fraction of sp³-hybridized carbons (Fsp3) is 0.500. The number of carbonyl (C=O) groups excluding carboxylic acids is 2. The maximum atomic E-state index is 11.9. The van der Waals surface area contributed by atoms with Crippen LogP contribution in [-0.4, -0.2) is 49.4 Å². The molecule has 3 amide bonds. The molecule has 7 heteroatoms. The molecule has 1 aromatic carbocycles. The second-order valence-electron chi connectivity index (χ2n) is 5.79. The molecule has 2 N–H and O–H groups in total. The molecule has 0 aromatic heterocycles. The van der Waals surface area contributed by atoms with Crippen LogP contribution in [0.3, 0.4) is 0 Å². The molecular weight excluding hydrogens is 298 g/mol. The van der Waals surface area contributed by atoms with Crippen LogP contribution in [0, 0.1) is 0 Å². The van der Waals surface area contributed by atoms with Gasteiger partial charge in [0.15, 0.2) is 0 Å². The van der Waals surface area contributed by atoms with Crippen molar-refractivity contribution in [3.05, 3.63) is 23.8 Å². The smallest absolute Gasteiger partial charge is 0.409 e. The van der Waals surface area contributed by atoms with Gasteiger partial charge in [0, 0.05) is 31.7 Å². The number of fused-ring (bicyclic) bond motifs is 1. The third kappa shape index (κ3) is 3.85. The largest absolute Gasteiger partial charge is 0.490 e. The molecule has 2 aliphatic rings. The number of rotatable bonds is 4. The molecule has 1 fully saturated rings. The summed E-state index contributed by atoms with van der Waals surface area (Å²) in [6.45, 7) is 3.99. The Kier molecular flexibility index (Phi) is 4.55. The van der Waals surface area contributed by atoms with Crippen molar-refractivity contribution in [2.24, 2.45) is 0 Å². The van der Waals surface area contributed by atoms with Crippen LogP contribution < -0.4 is 15.4 Å². The number of nitrogens with zero attached hydrogens (tertiary/aromatic N) is 1. The van der Waals surface area contributed by atoms with Gasteiger partial charge in [-0.1, -0.05) is 0 Å². The van der Waals surface area contributed by atoms with E-state index in [1.165, 1.54) is 0 Å². The highest BCUT2D eigenvalue weighted by Crippen LogP contribution is 2.30. The van der Waals surface area contributed by atoms with Gasteiger partial charge in [0.25, 0.3) is 0 Å². The van der Waals surface area contributed by atoms with Crippen molar-refractivity contribution >= 4 is 17.8 Å². The first-order chi connectivity index (χ1) is 11.1. The zero-order valence-electron chi connectivity index (χ0n) is 13.1. The molecular formula is C16H21N3O4. The number of amides is 3. The van der Waals surface area contributed by atoms with Gasteiger partial charge in [-0.15, -0.1) is 0 Å². The molecule has 3 rings (SSSR count). The first kappa shape index (κ1) is 15.5. The van der Waals surface area contributed by atoms with Crippen molar-refractivity contribution < 1.29 is 19.1 Å². The van der Waals surface area contributed by atoms with E-state index in [1.807, 2.05) is 25.1 Å². The molecule has 1 saturated heterocycles. The predicted octanol–water partition coefficient (Wildman–Crippen LogP) is 1.97. The van der Waals surface area contributed by atoms with E-state index in [-0.39, 0.29) is 18.2 Å². The molecule has 0 unspecified atom stereocenters. The van der Waals surface area contributed by atoms with Crippen molar-refractivity contribution in [3.63, 3.8) is 0 Å². The van der Waals surface area contributed by atoms with Gasteiger partial charge < -0.3 is 25.0 Å². The van der Waals surface area contributed by atoms with E-state index in [1.54, 1.807) is 4.90 Å². The topological polar surface area (TPSA) is 79.9 Å². The van der Waals surface area contributed by atoms with Gasteiger partial charge in [-0.2, -0.15) is 0 Å². The van der Waals surface area contributed by atoms with Crippen LogP contribution >= 0.6 is 0 Å². The zero-order valence-corrected chi connectivity index (χ0v) is 13.1. The Hall–Kier alpha value is -2.44. The van der Waals surface area contributed by atoms with Crippen LogP contribution in [0.25, 0.3) is 0 Å². The monoisotopic (exact) mass is 319 g/mol. The van der Waals surface area contributed by atoms with E-state index in [4.69, 9.17) is 9.47 Å². The summed E-state index contributed by atoms with van der Waals surface area (Å²) >= 11 is 0. The number of hydrogen-bond acceptors (Lipinski definition) is 4. The van der Waals surface area contributed by atoms with E-state index in [0.717, 1.165) is 29.8 Å². The summed E-state index contributed by atoms with van der Waals surface area (Å²) in [5.74, 6) is 0.882. The number of cyclic esters (lactones) is 1. The molecule has 2 heterocycles. The van der Waals surface area contributed by atoms with Crippen LogP contribution in [0.5, 0.6) is 5.75 Å². The van der Waals surface area contributed by atoms with Gasteiger partial charge in [0.2, 0.25) is 0 Å². The maximum absolute atomic E-state index is 11.9. The van der Waals surface area contributed by atoms with Crippen molar-refractivity contribution in [2.75, 3.05) is 31.6 Å². The minimum atomic E-state index is -0.314. The molecule has 0 aliphatic carbocycles. The van der Waals surface area contributed by atoms with Crippen molar-refractivity contribution in [3.8, 4) is 5.75 Å². The summed E-state index contributed by atoms with van der Waals surface area (Å²) in [5.41, 5.74) is 1.84. The number of urea groups is 1. The summed E-state index contributed by atoms with van der Waals surface area (Å²) in [4.78, 5) is 25.0. The fourth-order valence-electron chi connectivity index (χ4n) is 2.78. The van der Waals surface area contributed by atoms with E-state index < -0.39 is 0 Å². The maximum Gasteiger partial charge on any atom is 0.409 e. The van der Waals surface area contributed by atoms with Gasteiger partial charge in [-0.25, -0.2) is 9.59 Å². The molecule has 0 bridgehead atoms. The first-order valence-corrected chi connectivity index (χ1v) is 7.88. The molecule has 7 nitrogen and oxygen atoms in total. The second kappa shape index (κ2) is 6.76. The summed E-state index contributed by atoms with van der Waals surface area (Å²) in [7, 11) is 0. The first-order valence-electron chi connectivity index (χ1n) is 7.88. The summed E-state index contributed by atoms with van der Waals surface area (Å²) in [5, 5.41) is 5.54. The third-order valence-electron chi connectivity index (χ3n) is 3.88. The van der Waals surface area contributed by atoms with E-state index in [2.05, 4.69) is 10.6 Å². The minimum absolute atomic E-state index is 0.179. The van der Waals surface area contributed by atoms with Gasteiger partial charge in [-0.3, -0.25) is 0 Å². The number of carbonyl (C=O) groups is 2. The summed E-state index contributed by atoms with van der Waals surface area (Å²) in [6.07, 6.45) is 1.54. The lowest BCUT2D eigenvalue weighted by atomic mass is 10.1. The van der Waals surface area contributed by atoms with E-state index >= 15 is 0 Å². The molecule has 1 aromatic rings. The average molecular weight is 319 g/mol. The zero-order chi connectivity index (χ0) is 16.2. The Morgan fingerprint density at radius 3 is 3.13 bits per heavy atom. The average Bonchev–Trinajstić information content (AvgIpc) is 2.88. The highest BCUT2D eigenvalue weighted by Gasteiger charge is 2.20. The quantitative estimate of drug-likeness (QED) is 0.889. The van der Waals surface area contributed by atoms with Gasteiger partial charge in [-0.05, 0) is 37.1 Å². The molecule has 0 saturated carbocycles. The third-order valence-corrected chi connectivity index (χ3v) is 3.88. The number of hydrogen-bond donors (Lipinski definition) is 2. The Balaban J connectivity index is 1.44. The van der Waals surface area contributed by atoms with Crippen molar-refractivity contribution in [1.29, 1.82) is 0 Å². The summed E-state index contributed by atoms with van der Waals surface area (Å²) in [6, 6.07) is 5.33. The number of anilines is 1. The lowest BCUT2D eigenvalue weighted by molar-refractivity contribution is 0.0736. The minimum Gasteiger partial charge on any atom is -0.490 e. The fourth-order valence-corrected chi connectivity index (χ4v) is 2.78. The van der Waals surface area contributed by atoms with E-state index in [0.29, 0.717) is 26.2 Å². The molecule has 124 valence electrons. The van der Waals surface area contributed by atoms with Crippen LogP contribution in [-0.2, 0) is 11.2 Å². The molecule has 0 radical (unpaired) electrons. The highest BCUT2D eigenvalue weighted by molar-refractivity contribution is 5.89. The normalized spacial score (nSPS) is 19.6. The molecule has 1 atom stereocenters. The number of nitrogens with one attached hydrogen (secondary N) is 2. The Morgan fingerprint density at radius 1 is 1.43 bits per heavy atom. The molecule has 23 heavy (non-hydrogen) atoms. The van der Waals surface area contributed by atoms with Crippen LogP contribution in [0.4, 0.5) is 15.3 Å². The Morgan fingerprint density at radius 2 is 2.30 bits per heavy atom. The highest BCUT2D eigenvalue weighted by atomic mass is 16.6. The van der Waals surface area contributed by atoms with Gasteiger partial charge in [0.05, 0.1) is 6.61 Å². The Labute approximate surface area is 134 Å². The van der Waals surface area contributed by atoms with Crippen LogP contribution in [0.15, 0.2) is 18.2 Å².